The minimum absolute atomic E-state index is 0.0549. The summed E-state index contributed by atoms with van der Waals surface area (Å²) in [4.78, 5) is 39.4. The van der Waals surface area contributed by atoms with Gasteiger partial charge in [0.25, 0.3) is 0 Å². The highest BCUT2D eigenvalue weighted by molar-refractivity contribution is 7.96. The van der Waals surface area contributed by atoms with Crippen molar-refractivity contribution in [2.75, 3.05) is 6.54 Å². The molecule has 0 heterocycles. The number of hydrogen-bond acceptors (Lipinski definition) is 5. The molecule has 0 aromatic carbocycles. The number of guanidine groups is 1. The van der Waals surface area contributed by atoms with Gasteiger partial charge in [0.15, 0.2) is 5.12 Å². The Morgan fingerprint density at radius 1 is 1.04 bits per heavy atom. The molecule has 2 amide bonds. The van der Waals surface area contributed by atoms with Crippen LogP contribution in [0.5, 0.6) is 0 Å². The SMILES string of the molecule is CC(C)(C)OC(=O)N=C(N)N(CCCC(=O)S)C(=O)OC(C)(C)C. The smallest absolute Gasteiger partial charge is 0.437 e. The van der Waals surface area contributed by atoms with E-state index in [0.29, 0.717) is 6.42 Å². The van der Waals surface area contributed by atoms with E-state index >= 15 is 0 Å². The van der Waals surface area contributed by atoms with Crippen molar-refractivity contribution >= 4 is 35.9 Å². The number of nitrogens with two attached hydrogens (primary N) is 1. The fraction of sp³-hybridized carbons (Fsp3) is 0.733. The Hall–Kier alpha value is -1.77. The van der Waals surface area contributed by atoms with Gasteiger partial charge in [-0.05, 0) is 48.0 Å². The number of hydrogen-bond donors (Lipinski definition) is 2. The maximum atomic E-state index is 12.2. The van der Waals surface area contributed by atoms with Crippen LogP contribution in [0.25, 0.3) is 0 Å². The van der Waals surface area contributed by atoms with Crippen LogP contribution in [-0.2, 0) is 14.3 Å². The van der Waals surface area contributed by atoms with Crippen LogP contribution >= 0.6 is 12.6 Å². The Morgan fingerprint density at radius 3 is 1.96 bits per heavy atom. The zero-order valence-corrected chi connectivity index (χ0v) is 16.0. The first-order valence-electron chi connectivity index (χ1n) is 7.51. The van der Waals surface area contributed by atoms with Crippen LogP contribution in [0.4, 0.5) is 9.59 Å². The van der Waals surface area contributed by atoms with Crippen molar-refractivity contribution in [2.24, 2.45) is 10.7 Å². The average Bonchev–Trinajstić information content (AvgIpc) is 2.28. The quantitative estimate of drug-likeness (QED) is 0.452. The molecule has 0 aliphatic rings. The normalized spacial score (nSPS) is 12.5. The lowest BCUT2D eigenvalue weighted by Gasteiger charge is -2.26. The van der Waals surface area contributed by atoms with E-state index < -0.39 is 23.4 Å². The Kier molecular flexibility index (Phi) is 8.25. The van der Waals surface area contributed by atoms with Gasteiger partial charge in [0.1, 0.15) is 11.2 Å². The molecule has 0 aliphatic carbocycles. The summed E-state index contributed by atoms with van der Waals surface area (Å²) in [5, 5.41) is -0.318. The highest BCUT2D eigenvalue weighted by atomic mass is 32.1. The van der Waals surface area contributed by atoms with Gasteiger partial charge in [0.05, 0.1) is 0 Å². The summed E-state index contributed by atoms with van der Waals surface area (Å²) in [6.45, 7) is 10.2. The van der Waals surface area contributed by atoms with E-state index in [9.17, 15) is 14.4 Å². The fourth-order valence-corrected chi connectivity index (χ4v) is 1.60. The third kappa shape index (κ3) is 10.9. The van der Waals surface area contributed by atoms with Crippen molar-refractivity contribution in [2.45, 2.75) is 65.6 Å². The zero-order chi connectivity index (χ0) is 19.1. The van der Waals surface area contributed by atoms with Gasteiger partial charge in [-0.15, -0.1) is 17.6 Å². The molecule has 0 fully saturated rings. The van der Waals surface area contributed by atoms with E-state index in [0.717, 1.165) is 4.90 Å². The number of amides is 2. The summed E-state index contributed by atoms with van der Waals surface area (Å²) in [6.07, 6.45) is -1.24. The van der Waals surface area contributed by atoms with Crippen molar-refractivity contribution in [1.29, 1.82) is 0 Å². The molecule has 2 N–H and O–H groups in total. The van der Waals surface area contributed by atoms with Gasteiger partial charge in [-0.2, -0.15) is 0 Å². The summed E-state index contributed by atoms with van der Waals surface area (Å²) < 4.78 is 10.3. The number of aliphatic imine (C=N–C) groups is 1. The average molecular weight is 361 g/mol. The highest BCUT2D eigenvalue weighted by Gasteiger charge is 2.26. The third-order valence-corrected chi connectivity index (χ3v) is 2.49. The maximum absolute atomic E-state index is 12.2. The molecule has 0 bridgehead atoms. The van der Waals surface area contributed by atoms with Crippen LogP contribution in [0.1, 0.15) is 54.4 Å². The summed E-state index contributed by atoms with van der Waals surface area (Å²) >= 11 is 3.67. The minimum atomic E-state index is -0.918. The summed E-state index contributed by atoms with van der Waals surface area (Å²) in [6, 6.07) is 0. The molecule has 0 aromatic heterocycles. The maximum Gasteiger partial charge on any atom is 0.437 e. The van der Waals surface area contributed by atoms with Crippen LogP contribution in [0, 0.1) is 0 Å². The molecular weight excluding hydrogens is 334 g/mol. The number of ether oxygens (including phenoxy) is 2. The number of thiol groups is 1. The van der Waals surface area contributed by atoms with Gasteiger partial charge in [-0.1, -0.05) is 0 Å². The van der Waals surface area contributed by atoms with Crippen LogP contribution < -0.4 is 5.73 Å². The van der Waals surface area contributed by atoms with Crippen LogP contribution in [0.3, 0.4) is 0 Å². The largest absolute Gasteiger partial charge is 0.443 e. The second kappa shape index (κ2) is 8.91. The molecule has 0 spiro atoms. The van der Waals surface area contributed by atoms with E-state index in [4.69, 9.17) is 15.2 Å². The second-order valence-corrected chi connectivity index (χ2v) is 7.58. The van der Waals surface area contributed by atoms with Crippen LogP contribution in [0.15, 0.2) is 4.99 Å². The predicted molar refractivity (Wildman–Crippen MR) is 94.0 cm³/mol. The second-order valence-electron chi connectivity index (χ2n) is 7.08. The van der Waals surface area contributed by atoms with E-state index in [1.807, 2.05) is 0 Å². The first kappa shape index (κ1) is 22.2. The number of carbonyl (C=O) groups excluding carboxylic acids is 3. The van der Waals surface area contributed by atoms with Gasteiger partial charge < -0.3 is 15.2 Å². The molecule has 0 unspecified atom stereocenters. The Labute approximate surface area is 148 Å². The van der Waals surface area contributed by atoms with E-state index in [1.165, 1.54) is 0 Å². The molecule has 0 atom stereocenters. The standard InChI is InChI=1S/C15H27N3O5S/c1-14(2,3)22-12(20)17-11(16)18(9-7-8-10(19)24)13(21)23-15(4,5)6/h7-9H2,1-6H3,(H,19,24)(H2,16,17,20). The first-order valence-corrected chi connectivity index (χ1v) is 7.95. The van der Waals surface area contributed by atoms with E-state index in [1.54, 1.807) is 41.5 Å². The van der Waals surface area contributed by atoms with Crippen molar-refractivity contribution in [3.8, 4) is 0 Å². The Morgan fingerprint density at radius 2 is 1.54 bits per heavy atom. The first-order chi connectivity index (χ1) is 10.7. The summed E-state index contributed by atoms with van der Waals surface area (Å²) in [7, 11) is 0. The monoisotopic (exact) mass is 361 g/mol. The Balaban J connectivity index is 5.17. The number of nitrogens with zero attached hydrogens (tertiary/aromatic N) is 2. The van der Waals surface area contributed by atoms with Gasteiger partial charge in [0.2, 0.25) is 5.96 Å². The summed E-state index contributed by atoms with van der Waals surface area (Å²) in [5.74, 6) is -0.356. The molecule has 0 aliphatic heterocycles. The fourth-order valence-electron chi connectivity index (χ4n) is 1.44. The molecule has 24 heavy (non-hydrogen) atoms. The van der Waals surface area contributed by atoms with Crippen LogP contribution in [0.2, 0.25) is 0 Å². The van der Waals surface area contributed by atoms with E-state index in [-0.39, 0.29) is 24.0 Å². The van der Waals surface area contributed by atoms with Crippen molar-refractivity contribution in [3.63, 3.8) is 0 Å². The lowest BCUT2D eigenvalue weighted by atomic mass is 10.2. The zero-order valence-electron chi connectivity index (χ0n) is 15.1. The van der Waals surface area contributed by atoms with Crippen molar-refractivity contribution < 1.29 is 23.9 Å². The molecular formula is C15H27N3O5S. The van der Waals surface area contributed by atoms with Gasteiger partial charge in [-0.3, -0.25) is 4.79 Å². The van der Waals surface area contributed by atoms with Gasteiger partial charge in [0, 0.05) is 13.0 Å². The molecule has 0 saturated heterocycles. The van der Waals surface area contributed by atoms with E-state index in [2.05, 4.69) is 17.6 Å². The molecule has 0 rings (SSSR count). The highest BCUT2D eigenvalue weighted by Crippen LogP contribution is 2.12. The molecule has 0 aromatic rings. The number of rotatable bonds is 4. The molecule has 0 radical (unpaired) electrons. The van der Waals surface area contributed by atoms with Gasteiger partial charge in [-0.25, -0.2) is 14.5 Å². The Bertz CT molecular complexity index is 506. The van der Waals surface area contributed by atoms with Gasteiger partial charge >= 0.3 is 12.2 Å². The summed E-state index contributed by atoms with van der Waals surface area (Å²) in [5.41, 5.74) is 4.26. The topological polar surface area (TPSA) is 111 Å². The minimum Gasteiger partial charge on any atom is -0.443 e. The third-order valence-electron chi connectivity index (χ3n) is 2.26. The molecule has 9 heteroatoms. The predicted octanol–water partition coefficient (Wildman–Crippen LogP) is 2.71. The van der Waals surface area contributed by atoms with Crippen molar-refractivity contribution in [3.05, 3.63) is 0 Å². The molecule has 138 valence electrons. The number of carbonyl (C=O) groups is 3. The van der Waals surface area contributed by atoms with Crippen molar-refractivity contribution in [1.82, 2.24) is 4.90 Å². The lowest BCUT2D eigenvalue weighted by molar-refractivity contribution is -0.110. The lowest BCUT2D eigenvalue weighted by Crippen LogP contribution is -2.45. The molecule has 0 saturated carbocycles. The van der Waals surface area contributed by atoms with Crippen LogP contribution in [-0.4, -0.2) is 45.9 Å². The molecule has 8 nitrogen and oxygen atoms in total.